The minimum Gasteiger partial charge on any atom is -0.377 e. The summed E-state index contributed by atoms with van der Waals surface area (Å²) in [4.78, 5) is 0. The lowest BCUT2D eigenvalue weighted by Crippen LogP contribution is -2.46. The molecule has 6 heteroatoms. The first kappa shape index (κ1) is 20.1. The van der Waals surface area contributed by atoms with Crippen molar-refractivity contribution in [2.75, 3.05) is 4.43 Å². The van der Waals surface area contributed by atoms with Crippen molar-refractivity contribution in [1.29, 1.82) is 0 Å². The first-order valence-electron chi connectivity index (χ1n) is 8.73. The molecule has 0 aromatic heterocycles. The van der Waals surface area contributed by atoms with Gasteiger partial charge in [0.1, 0.15) is 24.4 Å². The van der Waals surface area contributed by atoms with Crippen LogP contribution in [0.25, 0.3) is 0 Å². The highest BCUT2D eigenvalue weighted by Crippen LogP contribution is 2.39. The van der Waals surface area contributed by atoms with Gasteiger partial charge in [0.15, 0.2) is 11.6 Å². The molecule has 3 rings (SSSR count). The number of aliphatic hydroxyl groups is 1. The van der Waals surface area contributed by atoms with E-state index in [-0.39, 0.29) is 12.2 Å². The molecule has 0 amide bonds. The summed E-state index contributed by atoms with van der Waals surface area (Å²) < 4.78 is 24.9. The van der Waals surface area contributed by atoms with Gasteiger partial charge in [0.2, 0.25) is 0 Å². The highest BCUT2D eigenvalue weighted by molar-refractivity contribution is 14.1. The third-order valence-electron chi connectivity index (χ3n) is 4.31. The van der Waals surface area contributed by atoms with E-state index in [4.69, 9.17) is 18.9 Å². The van der Waals surface area contributed by atoms with Crippen molar-refractivity contribution in [3.63, 3.8) is 0 Å². The molecule has 2 saturated heterocycles. The topological polar surface area (TPSA) is 57.2 Å². The van der Waals surface area contributed by atoms with Crippen molar-refractivity contribution >= 4 is 22.6 Å². The van der Waals surface area contributed by atoms with E-state index in [9.17, 15) is 5.11 Å². The molecular weight excluding hydrogens is 447 g/mol. The molecule has 2 fully saturated rings. The fourth-order valence-electron chi connectivity index (χ4n) is 3.34. The molecule has 2 heterocycles. The lowest BCUT2D eigenvalue weighted by molar-refractivity contribution is -0.175. The number of aliphatic hydroxyl groups excluding tert-OH is 1. The smallest absolute Gasteiger partial charge is 0.164 e. The minimum atomic E-state index is -0.996. The van der Waals surface area contributed by atoms with E-state index in [2.05, 4.69) is 34.4 Å². The summed E-state index contributed by atoms with van der Waals surface area (Å²) in [5.74, 6) is 4.36. The van der Waals surface area contributed by atoms with Crippen LogP contribution in [-0.2, 0) is 18.9 Å². The molecule has 0 saturated carbocycles. The molecule has 0 spiro atoms. The van der Waals surface area contributed by atoms with Crippen molar-refractivity contribution < 1.29 is 24.1 Å². The molecule has 0 bridgehead atoms. The second kappa shape index (κ2) is 7.74. The molecule has 5 atom stereocenters. The van der Waals surface area contributed by atoms with Crippen LogP contribution in [0, 0.1) is 11.8 Å². The van der Waals surface area contributed by atoms with E-state index in [1.807, 2.05) is 58.0 Å². The van der Waals surface area contributed by atoms with Gasteiger partial charge in [0.05, 0.1) is 6.10 Å². The summed E-state index contributed by atoms with van der Waals surface area (Å²) in [5, 5.41) is 10.7. The Kier molecular flexibility index (Phi) is 5.97. The molecule has 26 heavy (non-hydrogen) atoms. The number of rotatable bonds is 3. The normalized spacial score (nSPS) is 33.5. The molecule has 2 aliphatic rings. The Bertz CT molecular complexity index is 678. The monoisotopic (exact) mass is 472 g/mol. The van der Waals surface area contributed by atoms with Crippen molar-refractivity contribution in [1.82, 2.24) is 0 Å². The average molecular weight is 472 g/mol. The second-order valence-corrected chi connectivity index (χ2v) is 8.32. The number of ether oxygens (including phenoxy) is 4. The van der Waals surface area contributed by atoms with E-state index in [0.717, 1.165) is 9.99 Å². The van der Waals surface area contributed by atoms with Crippen LogP contribution >= 0.6 is 22.6 Å². The zero-order valence-corrected chi connectivity index (χ0v) is 17.6. The van der Waals surface area contributed by atoms with E-state index < -0.39 is 29.9 Å². The Morgan fingerprint density at radius 3 is 2.27 bits per heavy atom. The summed E-state index contributed by atoms with van der Waals surface area (Å²) in [7, 11) is 0. The summed E-state index contributed by atoms with van der Waals surface area (Å²) in [5.41, 5.74) is 0.841. The van der Waals surface area contributed by atoms with Gasteiger partial charge in [-0.2, -0.15) is 0 Å². The fourth-order valence-corrected chi connectivity index (χ4v) is 4.02. The van der Waals surface area contributed by atoms with Crippen LogP contribution in [0.1, 0.15) is 33.3 Å². The number of halogens is 1. The Balaban J connectivity index is 1.81. The molecular formula is C20H25IO5. The number of hydrogen-bond donors (Lipinski definition) is 1. The van der Waals surface area contributed by atoms with Gasteiger partial charge in [-0.1, -0.05) is 52.6 Å². The summed E-state index contributed by atoms with van der Waals surface area (Å²) in [6.45, 7) is 7.43. The largest absolute Gasteiger partial charge is 0.377 e. The van der Waals surface area contributed by atoms with Crippen molar-refractivity contribution in [3.8, 4) is 11.8 Å². The van der Waals surface area contributed by atoms with Crippen LogP contribution in [0.3, 0.4) is 0 Å². The quantitative estimate of drug-likeness (QED) is 0.417. The molecule has 142 valence electrons. The Morgan fingerprint density at radius 2 is 1.62 bits per heavy atom. The van der Waals surface area contributed by atoms with Gasteiger partial charge in [-0.05, 0) is 39.8 Å². The van der Waals surface area contributed by atoms with E-state index in [1.54, 1.807) is 0 Å². The zero-order chi connectivity index (χ0) is 18.9. The molecule has 5 nitrogen and oxygen atoms in total. The highest BCUT2D eigenvalue weighted by Gasteiger charge is 2.55. The van der Waals surface area contributed by atoms with Crippen LogP contribution in [0.15, 0.2) is 30.3 Å². The van der Waals surface area contributed by atoms with Crippen LogP contribution in [0.5, 0.6) is 0 Å². The molecule has 0 aliphatic carbocycles. The molecule has 1 aromatic carbocycles. The van der Waals surface area contributed by atoms with Crippen LogP contribution in [0.4, 0.5) is 0 Å². The van der Waals surface area contributed by atoms with Gasteiger partial charge >= 0.3 is 0 Å². The Morgan fingerprint density at radius 1 is 1.00 bits per heavy atom. The number of hydrogen-bond acceptors (Lipinski definition) is 5. The maximum Gasteiger partial charge on any atom is 0.164 e. The molecule has 1 aromatic rings. The maximum absolute atomic E-state index is 10.7. The Hall–Kier alpha value is -0.690. The first-order valence-corrected chi connectivity index (χ1v) is 10.3. The Labute approximate surface area is 168 Å². The van der Waals surface area contributed by atoms with E-state index in [1.165, 1.54) is 0 Å². The van der Waals surface area contributed by atoms with Crippen LogP contribution < -0.4 is 0 Å². The molecule has 1 N–H and O–H groups in total. The zero-order valence-electron chi connectivity index (χ0n) is 15.4. The molecule has 0 unspecified atom stereocenters. The fraction of sp³-hybridized carbons (Fsp3) is 0.600. The number of benzene rings is 1. The first-order chi connectivity index (χ1) is 12.2. The van der Waals surface area contributed by atoms with Gasteiger partial charge in [0.25, 0.3) is 0 Å². The average Bonchev–Trinajstić information content (AvgIpc) is 3.08. The number of alkyl halides is 1. The summed E-state index contributed by atoms with van der Waals surface area (Å²) in [6.07, 6.45) is -2.54. The highest BCUT2D eigenvalue weighted by atomic mass is 127. The molecule has 0 radical (unpaired) electrons. The van der Waals surface area contributed by atoms with Gasteiger partial charge < -0.3 is 24.1 Å². The summed E-state index contributed by atoms with van der Waals surface area (Å²) in [6, 6.07) is 9.55. The SMILES string of the molecule is CC1(C)O[C@@H]([C@@H]2OC(C)(C)O[C@@H]2CI)[C@H]([C@H](O)C#Cc2ccccc2)O1. The van der Waals surface area contributed by atoms with Crippen molar-refractivity contribution in [2.24, 2.45) is 0 Å². The van der Waals surface area contributed by atoms with Crippen molar-refractivity contribution in [2.45, 2.75) is 69.8 Å². The summed E-state index contributed by atoms with van der Waals surface area (Å²) >= 11 is 2.27. The third-order valence-corrected chi connectivity index (χ3v) is 5.18. The van der Waals surface area contributed by atoms with Crippen molar-refractivity contribution in [3.05, 3.63) is 35.9 Å². The lowest BCUT2D eigenvalue weighted by atomic mass is 10.00. The van der Waals surface area contributed by atoms with E-state index in [0.29, 0.717) is 0 Å². The minimum absolute atomic E-state index is 0.134. The molecule has 2 aliphatic heterocycles. The van der Waals surface area contributed by atoms with Gasteiger partial charge in [-0.3, -0.25) is 0 Å². The van der Waals surface area contributed by atoms with Gasteiger partial charge in [0, 0.05) is 9.99 Å². The van der Waals surface area contributed by atoms with Crippen LogP contribution in [0.2, 0.25) is 0 Å². The lowest BCUT2D eigenvalue weighted by Gasteiger charge is -2.26. The second-order valence-electron chi connectivity index (χ2n) is 7.44. The van der Waals surface area contributed by atoms with Gasteiger partial charge in [-0.15, -0.1) is 0 Å². The predicted octanol–water partition coefficient (Wildman–Crippen LogP) is 2.87. The predicted molar refractivity (Wildman–Crippen MR) is 106 cm³/mol. The van der Waals surface area contributed by atoms with E-state index >= 15 is 0 Å². The van der Waals surface area contributed by atoms with Crippen LogP contribution in [-0.4, -0.2) is 51.6 Å². The third kappa shape index (κ3) is 4.58. The maximum atomic E-state index is 10.7. The standard InChI is InChI=1S/C20H25IO5/c1-19(2)23-15(12-21)17(25-19)18-16(24-20(3,4)26-18)14(22)11-10-13-8-6-5-7-9-13/h5-9,14-18,22H,12H2,1-4H3/t14-,15-,16+,17-,18-/m1/s1. The van der Waals surface area contributed by atoms with Gasteiger partial charge in [-0.25, -0.2) is 0 Å².